The largest absolute Gasteiger partial charge is 0.305 e. The third kappa shape index (κ3) is 2.22. The van der Waals surface area contributed by atoms with Gasteiger partial charge < -0.3 is 0 Å². The number of nitro groups is 1. The Labute approximate surface area is 90.0 Å². The summed E-state index contributed by atoms with van der Waals surface area (Å²) in [6, 6.07) is 3.72. The molecule has 0 radical (unpaired) electrons. The highest BCUT2D eigenvalue weighted by atomic mass is 35.5. The van der Waals surface area contributed by atoms with Gasteiger partial charge in [0.1, 0.15) is 0 Å². The number of halogens is 2. The molecule has 0 N–H and O–H groups in total. The summed E-state index contributed by atoms with van der Waals surface area (Å²) in [4.78, 5) is 9.59. The van der Waals surface area contributed by atoms with Gasteiger partial charge in [-0.25, -0.2) is 0 Å². The van der Waals surface area contributed by atoms with Crippen molar-refractivity contribution in [2.45, 2.75) is 12.8 Å². The van der Waals surface area contributed by atoms with Crippen molar-refractivity contribution in [3.8, 4) is 6.07 Å². The molecule has 0 aromatic heterocycles. The van der Waals surface area contributed by atoms with E-state index in [1.54, 1.807) is 0 Å². The Kier molecular flexibility index (Phi) is 3.22. The Morgan fingerprint density at radius 2 is 2.27 bits per heavy atom. The van der Waals surface area contributed by atoms with E-state index in [1.807, 2.05) is 6.07 Å². The van der Waals surface area contributed by atoms with Crippen molar-refractivity contribution >= 4 is 17.3 Å². The molecule has 0 spiro atoms. The Bertz CT molecular complexity index is 456. The first-order chi connectivity index (χ1) is 6.97. The molecular weight excluding hydrogens is 223 g/mol. The SMILES string of the molecule is CC(C#N)c1cc([N+](=O)[O-])c(F)cc1Cl. The molecule has 0 heterocycles. The van der Waals surface area contributed by atoms with Gasteiger partial charge in [-0.1, -0.05) is 11.6 Å². The van der Waals surface area contributed by atoms with Crippen molar-refractivity contribution in [1.82, 2.24) is 0 Å². The van der Waals surface area contributed by atoms with E-state index in [2.05, 4.69) is 0 Å². The molecule has 0 amide bonds. The number of nitrogens with zero attached hydrogens (tertiary/aromatic N) is 2. The lowest BCUT2D eigenvalue weighted by Crippen LogP contribution is -1.98. The number of nitriles is 1. The second-order valence-electron chi connectivity index (χ2n) is 2.93. The van der Waals surface area contributed by atoms with Crippen LogP contribution in [0.5, 0.6) is 0 Å². The molecule has 15 heavy (non-hydrogen) atoms. The number of nitro benzene ring substituents is 1. The molecule has 1 unspecified atom stereocenters. The molecule has 0 saturated carbocycles. The molecule has 78 valence electrons. The number of hydrogen-bond acceptors (Lipinski definition) is 3. The molecule has 1 atom stereocenters. The van der Waals surface area contributed by atoms with E-state index in [4.69, 9.17) is 16.9 Å². The van der Waals surface area contributed by atoms with E-state index >= 15 is 0 Å². The Hall–Kier alpha value is -1.67. The van der Waals surface area contributed by atoms with E-state index in [0.29, 0.717) is 0 Å². The number of hydrogen-bond donors (Lipinski definition) is 0. The van der Waals surface area contributed by atoms with Gasteiger partial charge in [0.2, 0.25) is 5.82 Å². The second kappa shape index (κ2) is 4.24. The fraction of sp³-hybridized carbons (Fsp3) is 0.222. The zero-order chi connectivity index (χ0) is 11.6. The predicted molar refractivity (Wildman–Crippen MR) is 52.1 cm³/mol. The van der Waals surface area contributed by atoms with Gasteiger partial charge in [0.15, 0.2) is 0 Å². The van der Waals surface area contributed by atoms with Gasteiger partial charge >= 0.3 is 5.69 Å². The Morgan fingerprint density at radius 1 is 1.67 bits per heavy atom. The first kappa shape index (κ1) is 11.4. The van der Waals surface area contributed by atoms with Gasteiger partial charge in [-0.05, 0) is 18.6 Å². The van der Waals surface area contributed by atoms with Crippen molar-refractivity contribution in [3.05, 3.63) is 38.7 Å². The summed E-state index contributed by atoms with van der Waals surface area (Å²) in [6.07, 6.45) is 0. The van der Waals surface area contributed by atoms with Crippen LogP contribution in [-0.4, -0.2) is 4.92 Å². The van der Waals surface area contributed by atoms with Gasteiger partial charge in [-0.3, -0.25) is 10.1 Å². The van der Waals surface area contributed by atoms with Gasteiger partial charge in [0.05, 0.1) is 16.9 Å². The molecule has 1 aromatic carbocycles. The summed E-state index contributed by atoms with van der Waals surface area (Å²) >= 11 is 5.67. The minimum Gasteiger partial charge on any atom is -0.258 e. The highest BCUT2D eigenvalue weighted by molar-refractivity contribution is 6.31. The zero-order valence-corrected chi connectivity index (χ0v) is 8.45. The summed E-state index contributed by atoms with van der Waals surface area (Å²) in [5.74, 6) is -1.62. The van der Waals surface area contributed by atoms with Gasteiger partial charge in [-0.15, -0.1) is 0 Å². The number of benzene rings is 1. The zero-order valence-electron chi connectivity index (χ0n) is 7.70. The number of rotatable bonds is 2. The lowest BCUT2D eigenvalue weighted by Gasteiger charge is -2.05. The molecule has 1 rings (SSSR count). The fourth-order valence-corrected chi connectivity index (χ4v) is 1.41. The summed E-state index contributed by atoms with van der Waals surface area (Å²) < 4.78 is 13.0. The molecule has 0 saturated heterocycles. The summed E-state index contributed by atoms with van der Waals surface area (Å²) in [6.45, 7) is 1.53. The average Bonchev–Trinajstić information content (AvgIpc) is 2.16. The van der Waals surface area contributed by atoms with E-state index in [9.17, 15) is 14.5 Å². The summed E-state index contributed by atoms with van der Waals surface area (Å²) in [5.41, 5.74) is -0.413. The van der Waals surface area contributed by atoms with Crippen molar-refractivity contribution in [1.29, 1.82) is 5.26 Å². The predicted octanol–water partition coefficient (Wildman–Crippen LogP) is 3.01. The quantitative estimate of drug-likeness (QED) is 0.577. The molecule has 4 nitrogen and oxygen atoms in total. The molecule has 0 aliphatic heterocycles. The van der Waals surface area contributed by atoms with Crippen LogP contribution in [0.15, 0.2) is 12.1 Å². The lowest BCUT2D eigenvalue weighted by atomic mass is 10.0. The van der Waals surface area contributed by atoms with Crippen LogP contribution < -0.4 is 0 Å². The Balaban J connectivity index is 3.37. The van der Waals surface area contributed by atoms with Crippen molar-refractivity contribution in [2.24, 2.45) is 0 Å². The molecule has 0 fully saturated rings. The minimum absolute atomic E-state index is 0.0205. The lowest BCUT2D eigenvalue weighted by molar-refractivity contribution is -0.387. The maximum Gasteiger partial charge on any atom is 0.305 e. The first-order valence-electron chi connectivity index (χ1n) is 4.00. The molecule has 0 aliphatic carbocycles. The van der Waals surface area contributed by atoms with E-state index in [-0.39, 0.29) is 10.6 Å². The van der Waals surface area contributed by atoms with Gasteiger partial charge in [-0.2, -0.15) is 9.65 Å². The maximum atomic E-state index is 13.0. The van der Waals surface area contributed by atoms with Crippen LogP contribution in [0.25, 0.3) is 0 Å². The molecule has 6 heteroatoms. The van der Waals surface area contributed by atoms with Crippen molar-refractivity contribution < 1.29 is 9.31 Å². The van der Waals surface area contributed by atoms with Crippen molar-refractivity contribution in [3.63, 3.8) is 0 Å². The monoisotopic (exact) mass is 228 g/mol. The third-order valence-electron chi connectivity index (χ3n) is 1.92. The summed E-state index contributed by atoms with van der Waals surface area (Å²) in [7, 11) is 0. The molecular formula is C9H6ClFN2O2. The van der Waals surface area contributed by atoms with E-state index in [1.165, 1.54) is 6.92 Å². The van der Waals surface area contributed by atoms with Crippen LogP contribution in [0, 0.1) is 27.3 Å². The highest BCUT2D eigenvalue weighted by Gasteiger charge is 2.20. The van der Waals surface area contributed by atoms with Crippen LogP contribution in [0.3, 0.4) is 0 Å². The smallest absolute Gasteiger partial charge is 0.258 e. The van der Waals surface area contributed by atoms with E-state index < -0.39 is 22.3 Å². The minimum atomic E-state index is -1.00. The van der Waals surface area contributed by atoms with Crippen molar-refractivity contribution in [2.75, 3.05) is 0 Å². The topological polar surface area (TPSA) is 66.9 Å². The Morgan fingerprint density at radius 3 is 2.73 bits per heavy atom. The average molecular weight is 229 g/mol. The molecule has 0 aliphatic rings. The van der Waals surface area contributed by atoms with Crippen LogP contribution in [-0.2, 0) is 0 Å². The normalized spacial score (nSPS) is 11.9. The van der Waals surface area contributed by atoms with Crippen LogP contribution in [0.1, 0.15) is 18.4 Å². The standard InChI is InChI=1S/C9H6ClFN2O2/c1-5(4-12)6-2-9(13(14)15)8(11)3-7(6)10/h2-3,5H,1H3. The first-order valence-corrected chi connectivity index (χ1v) is 4.38. The van der Waals surface area contributed by atoms with Gasteiger partial charge in [0, 0.05) is 11.1 Å². The second-order valence-corrected chi connectivity index (χ2v) is 3.34. The van der Waals surface area contributed by atoms with E-state index in [0.717, 1.165) is 12.1 Å². The molecule has 0 bridgehead atoms. The van der Waals surface area contributed by atoms with Crippen LogP contribution in [0.2, 0.25) is 5.02 Å². The summed E-state index contributed by atoms with van der Waals surface area (Å²) in [5, 5.41) is 19.1. The maximum absolute atomic E-state index is 13.0. The van der Waals surface area contributed by atoms with Gasteiger partial charge in [0.25, 0.3) is 0 Å². The fourth-order valence-electron chi connectivity index (χ4n) is 1.10. The van der Waals surface area contributed by atoms with Crippen LogP contribution >= 0.6 is 11.6 Å². The molecule has 1 aromatic rings. The third-order valence-corrected chi connectivity index (χ3v) is 2.25. The highest BCUT2D eigenvalue weighted by Crippen LogP contribution is 2.30. The van der Waals surface area contributed by atoms with Crippen LogP contribution in [0.4, 0.5) is 10.1 Å².